The third-order valence-electron chi connectivity index (χ3n) is 1.54. The molecule has 0 aromatic carbocycles. The predicted molar refractivity (Wildman–Crippen MR) is 51.7 cm³/mol. The highest BCUT2D eigenvalue weighted by atomic mass is 16.5. The molecule has 1 rings (SSSR count). The molecule has 0 heterocycles. The first-order valence-electron chi connectivity index (χ1n) is 4.21. The molecule has 0 saturated carbocycles. The molecule has 0 fully saturated rings. The Kier molecular flexibility index (Phi) is 4.00. The number of rotatable bonds is 3. The van der Waals surface area contributed by atoms with Crippen LogP contribution in [0.25, 0.3) is 0 Å². The quantitative estimate of drug-likeness (QED) is 0.580. The van der Waals surface area contributed by atoms with Crippen molar-refractivity contribution in [2.45, 2.75) is 13.3 Å². The standard InChI is InChI=1S/C11H14O/c1-2-3-10-12-11-8-6-4-5-7-9-11/h2-6,8-9H,7,10H2,1H3/b3-2+. The molecule has 0 aliphatic heterocycles. The molecule has 0 aromatic rings. The maximum absolute atomic E-state index is 5.45. The van der Waals surface area contributed by atoms with E-state index in [9.17, 15) is 0 Å². The second-order valence-electron chi connectivity index (χ2n) is 2.51. The lowest BCUT2D eigenvalue weighted by molar-refractivity contribution is 0.260. The van der Waals surface area contributed by atoms with Gasteiger partial charge in [-0.2, -0.15) is 0 Å². The fourth-order valence-corrected chi connectivity index (χ4v) is 0.907. The van der Waals surface area contributed by atoms with Crippen molar-refractivity contribution in [2.75, 3.05) is 6.61 Å². The molecule has 0 N–H and O–H groups in total. The Balaban J connectivity index is 2.36. The second kappa shape index (κ2) is 5.42. The Bertz CT molecular complexity index is 231. The van der Waals surface area contributed by atoms with Gasteiger partial charge in [0.05, 0.1) is 0 Å². The summed E-state index contributed by atoms with van der Waals surface area (Å²) < 4.78 is 5.45. The Morgan fingerprint density at radius 3 is 3.25 bits per heavy atom. The zero-order chi connectivity index (χ0) is 8.65. The predicted octanol–water partition coefficient (Wildman–Crippen LogP) is 2.98. The lowest BCUT2D eigenvalue weighted by Crippen LogP contribution is -1.88. The number of allylic oxidation sites excluding steroid dienone is 6. The normalized spacial score (nSPS) is 16.2. The van der Waals surface area contributed by atoms with Gasteiger partial charge in [-0.3, -0.25) is 0 Å². The van der Waals surface area contributed by atoms with Crippen LogP contribution >= 0.6 is 0 Å². The molecule has 1 aliphatic carbocycles. The molecule has 0 aromatic heterocycles. The SMILES string of the molecule is C/C=C/COC1=CCC=CC=C1. The molecular formula is C11H14O. The first-order valence-corrected chi connectivity index (χ1v) is 4.21. The fraction of sp³-hybridized carbons (Fsp3) is 0.273. The van der Waals surface area contributed by atoms with E-state index in [-0.39, 0.29) is 0 Å². The lowest BCUT2D eigenvalue weighted by atomic mass is 10.3. The van der Waals surface area contributed by atoms with Crippen LogP contribution in [0.5, 0.6) is 0 Å². The van der Waals surface area contributed by atoms with E-state index in [1.165, 1.54) is 0 Å². The first-order chi connectivity index (χ1) is 5.93. The van der Waals surface area contributed by atoms with Crippen LogP contribution in [0.3, 0.4) is 0 Å². The van der Waals surface area contributed by atoms with Crippen molar-refractivity contribution in [1.29, 1.82) is 0 Å². The monoisotopic (exact) mass is 162 g/mol. The van der Waals surface area contributed by atoms with Gasteiger partial charge in [-0.05, 0) is 25.5 Å². The zero-order valence-electron chi connectivity index (χ0n) is 7.36. The molecule has 12 heavy (non-hydrogen) atoms. The molecule has 1 heteroatoms. The number of ether oxygens (including phenoxy) is 1. The molecule has 0 amide bonds. The smallest absolute Gasteiger partial charge is 0.116 e. The van der Waals surface area contributed by atoms with Gasteiger partial charge in [0.15, 0.2) is 0 Å². The first kappa shape index (κ1) is 8.85. The lowest BCUT2D eigenvalue weighted by Gasteiger charge is -2.01. The summed E-state index contributed by atoms with van der Waals surface area (Å²) in [7, 11) is 0. The Hall–Kier alpha value is -1.24. The van der Waals surface area contributed by atoms with Crippen molar-refractivity contribution in [1.82, 2.24) is 0 Å². The van der Waals surface area contributed by atoms with E-state index < -0.39 is 0 Å². The highest BCUT2D eigenvalue weighted by Gasteiger charge is 1.91. The Morgan fingerprint density at radius 1 is 1.50 bits per heavy atom. The molecule has 0 spiro atoms. The van der Waals surface area contributed by atoms with Crippen molar-refractivity contribution < 1.29 is 4.74 Å². The van der Waals surface area contributed by atoms with Crippen LogP contribution in [0.15, 0.2) is 48.3 Å². The fourth-order valence-electron chi connectivity index (χ4n) is 0.907. The van der Waals surface area contributed by atoms with Gasteiger partial charge in [-0.25, -0.2) is 0 Å². The topological polar surface area (TPSA) is 9.23 Å². The molecule has 0 bridgehead atoms. The van der Waals surface area contributed by atoms with E-state index in [4.69, 9.17) is 4.74 Å². The molecule has 64 valence electrons. The molecule has 0 unspecified atom stereocenters. The Morgan fingerprint density at radius 2 is 2.42 bits per heavy atom. The molecule has 0 saturated heterocycles. The van der Waals surface area contributed by atoms with Gasteiger partial charge >= 0.3 is 0 Å². The summed E-state index contributed by atoms with van der Waals surface area (Å²) in [5, 5.41) is 0. The van der Waals surface area contributed by atoms with Crippen molar-refractivity contribution in [3.05, 3.63) is 48.3 Å². The molecule has 0 atom stereocenters. The average Bonchev–Trinajstić information content (AvgIpc) is 2.33. The van der Waals surface area contributed by atoms with E-state index in [0.29, 0.717) is 6.61 Å². The minimum Gasteiger partial charge on any atom is -0.490 e. The molecule has 0 radical (unpaired) electrons. The van der Waals surface area contributed by atoms with Gasteiger partial charge in [0.2, 0.25) is 0 Å². The summed E-state index contributed by atoms with van der Waals surface area (Å²) in [5.74, 6) is 0.957. The third kappa shape index (κ3) is 3.24. The highest BCUT2D eigenvalue weighted by Crippen LogP contribution is 2.06. The van der Waals surface area contributed by atoms with Crippen LogP contribution in [0.4, 0.5) is 0 Å². The summed E-state index contributed by atoms with van der Waals surface area (Å²) in [5.41, 5.74) is 0. The van der Waals surface area contributed by atoms with Crippen LogP contribution in [0.1, 0.15) is 13.3 Å². The van der Waals surface area contributed by atoms with E-state index in [0.717, 1.165) is 12.2 Å². The van der Waals surface area contributed by atoms with Crippen LogP contribution in [-0.4, -0.2) is 6.61 Å². The van der Waals surface area contributed by atoms with Gasteiger partial charge in [-0.1, -0.05) is 30.4 Å². The summed E-state index contributed by atoms with van der Waals surface area (Å²) in [6, 6.07) is 0. The van der Waals surface area contributed by atoms with Crippen LogP contribution < -0.4 is 0 Å². The van der Waals surface area contributed by atoms with Crippen LogP contribution in [0, 0.1) is 0 Å². The van der Waals surface area contributed by atoms with Crippen molar-refractivity contribution in [2.24, 2.45) is 0 Å². The summed E-state index contributed by atoms with van der Waals surface area (Å²) in [6.07, 6.45) is 15.1. The molecule has 1 nitrogen and oxygen atoms in total. The summed E-state index contributed by atoms with van der Waals surface area (Å²) >= 11 is 0. The van der Waals surface area contributed by atoms with Gasteiger partial charge in [0, 0.05) is 0 Å². The molecular weight excluding hydrogens is 148 g/mol. The van der Waals surface area contributed by atoms with Crippen molar-refractivity contribution in [3.63, 3.8) is 0 Å². The van der Waals surface area contributed by atoms with Crippen LogP contribution in [0.2, 0.25) is 0 Å². The minimum absolute atomic E-state index is 0.659. The van der Waals surface area contributed by atoms with Crippen LogP contribution in [-0.2, 0) is 4.74 Å². The minimum atomic E-state index is 0.659. The maximum atomic E-state index is 5.45. The van der Waals surface area contributed by atoms with Gasteiger partial charge in [0.25, 0.3) is 0 Å². The van der Waals surface area contributed by atoms with Crippen molar-refractivity contribution in [3.8, 4) is 0 Å². The number of hydrogen-bond donors (Lipinski definition) is 0. The van der Waals surface area contributed by atoms with Gasteiger partial charge in [-0.15, -0.1) is 0 Å². The highest BCUT2D eigenvalue weighted by molar-refractivity contribution is 5.22. The number of hydrogen-bond acceptors (Lipinski definition) is 1. The second-order valence-corrected chi connectivity index (χ2v) is 2.51. The molecule has 1 aliphatic rings. The van der Waals surface area contributed by atoms with Crippen molar-refractivity contribution >= 4 is 0 Å². The third-order valence-corrected chi connectivity index (χ3v) is 1.54. The Labute approximate surface area is 73.7 Å². The van der Waals surface area contributed by atoms with Gasteiger partial charge < -0.3 is 4.74 Å². The van der Waals surface area contributed by atoms with E-state index in [1.54, 1.807) is 0 Å². The van der Waals surface area contributed by atoms with E-state index in [1.807, 2.05) is 37.3 Å². The maximum Gasteiger partial charge on any atom is 0.116 e. The van der Waals surface area contributed by atoms with E-state index >= 15 is 0 Å². The zero-order valence-corrected chi connectivity index (χ0v) is 7.36. The van der Waals surface area contributed by atoms with Gasteiger partial charge in [0.1, 0.15) is 12.4 Å². The largest absolute Gasteiger partial charge is 0.490 e. The summed E-state index contributed by atoms with van der Waals surface area (Å²) in [6.45, 7) is 2.65. The summed E-state index contributed by atoms with van der Waals surface area (Å²) in [4.78, 5) is 0. The average molecular weight is 162 g/mol. The van der Waals surface area contributed by atoms with E-state index in [2.05, 4.69) is 12.2 Å².